The van der Waals surface area contributed by atoms with Crippen LogP contribution in [0.5, 0.6) is 0 Å². The van der Waals surface area contributed by atoms with Gasteiger partial charge in [0, 0.05) is 12.1 Å². The Morgan fingerprint density at radius 1 is 1.33 bits per heavy atom. The Hall–Kier alpha value is 0.0969. The van der Waals surface area contributed by atoms with Crippen molar-refractivity contribution in [2.75, 3.05) is 13.2 Å². The third-order valence-electron chi connectivity index (χ3n) is 2.48. The molecule has 2 aliphatic heterocycles. The fourth-order valence-corrected chi connectivity index (χ4v) is 4.38. The molecule has 12 heavy (non-hydrogen) atoms. The molecule has 2 unspecified atom stereocenters. The van der Waals surface area contributed by atoms with Gasteiger partial charge in [0.15, 0.2) is 0 Å². The van der Waals surface area contributed by atoms with E-state index in [2.05, 4.69) is 13.8 Å². The summed E-state index contributed by atoms with van der Waals surface area (Å²) in [6.45, 7) is 5.82. The van der Waals surface area contributed by atoms with E-state index in [9.17, 15) is 0 Å². The molecular weight excluding hydrogens is 172 g/mol. The van der Waals surface area contributed by atoms with Crippen molar-refractivity contribution < 1.29 is 13.3 Å². The van der Waals surface area contributed by atoms with Gasteiger partial charge in [0.1, 0.15) is 0 Å². The molecule has 2 bridgehead atoms. The predicted octanol–water partition coefficient (Wildman–Crippen LogP) is 1.56. The Morgan fingerprint density at radius 3 is 2.92 bits per heavy atom. The zero-order valence-electron chi connectivity index (χ0n) is 7.71. The first-order chi connectivity index (χ1) is 5.73. The van der Waals surface area contributed by atoms with Crippen molar-refractivity contribution in [3.63, 3.8) is 0 Å². The van der Waals surface area contributed by atoms with Gasteiger partial charge in [-0.05, 0) is 12.8 Å². The van der Waals surface area contributed by atoms with Crippen molar-refractivity contribution >= 4 is 8.80 Å². The molecule has 4 heteroatoms. The monoisotopic (exact) mass is 188 g/mol. The highest BCUT2D eigenvalue weighted by molar-refractivity contribution is 6.62. The van der Waals surface area contributed by atoms with Crippen molar-refractivity contribution in [2.24, 2.45) is 0 Å². The van der Waals surface area contributed by atoms with E-state index in [-0.39, 0.29) is 0 Å². The Labute approximate surface area is 74.4 Å². The minimum Gasteiger partial charge on any atom is -0.373 e. The van der Waals surface area contributed by atoms with Crippen LogP contribution < -0.4 is 0 Å². The lowest BCUT2D eigenvalue weighted by Crippen LogP contribution is -2.43. The molecule has 0 amide bonds. The van der Waals surface area contributed by atoms with Gasteiger partial charge in [-0.2, -0.15) is 0 Å². The topological polar surface area (TPSA) is 27.7 Å². The minimum absolute atomic E-state index is 0.321. The van der Waals surface area contributed by atoms with Crippen LogP contribution in [0.2, 0.25) is 5.54 Å². The third-order valence-corrected chi connectivity index (χ3v) is 5.73. The zero-order valence-corrected chi connectivity index (χ0v) is 8.71. The van der Waals surface area contributed by atoms with Gasteiger partial charge in [0.25, 0.3) is 0 Å². The van der Waals surface area contributed by atoms with E-state index >= 15 is 0 Å². The molecule has 70 valence electrons. The predicted molar refractivity (Wildman–Crippen MR) is 46.9 cm³/mol. The summed E-state index contributed by atoms with van der Waals surface area (Å²) in [6, 6.07) is 0. The maximum atomic E-state index is 5.87. The fraction of sp³-hybridized carbons (Fsp3) is 1.00. The zero-order chi connectivity index (χ0) is 8.60. The highest BCUT2D eigenvalue weighted by Crippen LogP contribution is 2.34. The van der Waals surface area contributed by atoms with Crippen molar-refractivity contribution in [3.8, 4) is 0 Å². The molecule has 0 aromatic carbocycles. The van der Waals surface area contributed by atoms with Crippen LogP contribution in [-0.2, 0) is 13.3 Å². The third kappa shape index (κ3) is 1.33. The first kappa shape index (κ1) is 8.68. The molecule has 3 nitrogen and oxygen atoms in total. The summed E-state index contributed by atoms with van der Waals surface area (Å²) >= 11 is 0. The second-order valence-corrected chi connectivity index (χ2v) is 6.97. The second kappa shape index (κ2) is 3.10. The number of fused-ring (bicyclic) bond motifs is 2. The van der Waals surface area contributed by atoms with Gasteiger partial charge in [-0.15, -0.1) is 0 Å². The van der Waals surface area contributed by atoms with Crippen LogP contribution in [0.25, 0.3) is 0 Å². The van der Waals surface area contributed by atoms with E-state index in [4.69, 9.17) is 13.3 Å². The van der Waals surface area contributed by atoms with E-state index < -0.39 is 8.80 Å². The summed E-state index contributed by atoms with van der Waals surface area (Å²) in [5, 5.41) is 0. The van der Waals surface area contributed by atoms with Crippen molar-refractivity contribution in [2.45, 2.75) is 38.3 Å². The lowest BCUT2D eigenvalue weighted by Gasteiger charge is -2.25. The minimum atomic E-state index is -2.21. The van der Waals surface area contributed by atoms with Crippen LogP contribution >= 0.6 is 0 Å². The van der Waals surface area contributed by atoms with E-state index in [1.807, 2.05) is 0 Å². The van der Waals surface area contributed by atoms with Crippen LogP contribution in [0.3, 0.4) is 0 Å². The molecule has 0 saturated carbocycles. The van der Waals surface area contributed by atoms with Crippen LogP contribution in [0.15, 0.2) is 0 Å². The van der Waals surface area contributed by atoms with Crippen LogP contribution in [-0.4, -0.2) is 28.1 Å². The lowest BCUT2D eigenvalue weighted by molar-refractivity contribution is 0.140. The van der Waals surface area contributed by atoms with E-state index in [0.29, 0.717) is 11.6 Å². The smallest absolute Gasteiger partial charge is 0.373 e. The van der Waals surface area contributed by atoms with Gasteiger partial charge in [-0.3, -0.25) is 0 Å². The average Bonchev–Trinajstić information content (AvgIpc) is 2.27. The molecule has 0 aromatic rings. The summed E-state index contributed by atoms with van der Waals surface area (Å²) in [4.78, 5) is 0. The lowest BCUT2D eigenvalue weighted by atomic mass is 10.2. The summed E-state index contributed by atoms with van der Waals surface area (Å²) in [5.74, 6) is 0. The van der Waals surface area contributed by atoms with Crippen molar-refractivity contribution in [1.29, 1.82) is 0 Å². The number of hydrogen-bond acceptors (Lipinski definition) is 3. The van der Waals surface area contributed by atoms with Gasteiger partial charge in [0.2, 0.25) is 0 Å². The van der Waals surface area contributed by atoms with Gasteiger partial charge in [-0.1, -0.05) is 13.8 Å². The molecule has 2 rings (SSSR count). The van der Waals surface area contributed by atoms with Crippen LogP contribution in [0.4, 0.5) is 0 Å². The normalized spacial score (nSPS) is 41.8. The molecule has 2 fully saturated rings. The van der Waals surface area contributed by atoms with Gasteiger partial charge in [0.05, 0.1) is 12.7 Å². The quantitative estimate of drug-likeness (QED) is 0.584. The largest absolute Gasteiger partial charge is 0.504 e. The van der Waals surface area contributed by atoms with Crippen molar-refractivity contribution in [1.82, 2.24) is 0 Å². The van der Waals surface area contributed by atoms with E-state index in [0.717, 1.165) is 26.1 Å². The molecule has 2 saturated heterocycles. The maximum absolute atomic E-state index is 5.87. The van der Waals surface area contributed by atoms with E-state index in [1.54, 1.807) is 0 Å². The molecule has 0 aliphatic carbocycles. The molecule has 0 radical (unpaired) electrons. The number of hydrogen-bond donors (Lipinski definition) is 0. The Bertz CT molecular complexity index is 174. The standard InChI is InChI=1S/C8H16O3Si/c1-7(2)12-9-5-3-4-8(11-12)6-10-12/h7-8H,3-6H2,1-2H3. The summed E-state index contributed by atoms with van der Waals surface area (Å²) in [7, 11) is -2.21. The average molecular weight is 188 g/mol. The molecule has 2 aliphatic rings. The van der Waals surface area contributed by atoms with Crippen LogP contribution in [0.1, 0.15) is 26.7 Å². The first-order valence-electron chi connectivity index (χ1n) is 4.69. The first-order valence-corrected chi connectivity index (χ1v) is 6.49. The summed E-state index contributed by atoms with van der Waals surface area (Å²) in [5.41, 5.74) is 0.403. The SMILES string of the molecule is CC(C)[Si]12OCCCC(CO1)O2. The van der Waals surface area contributed by atoms with Gasteiger partial charge >= 0.3 is 8.80 Å². The molecular formula is C8H16O3Si. The highest BCUT2D eigenvalue weighted by atomic mass is 28.4. The summed E-state index contributed by atoms with van der Waals surface area (Å²) in [6.07, 6.45) is 2.54. The fourth-order valence-electron chi connectivity index (χ4n) is 1.72. The Kier molecular flexibility index (Phi) is 2.24. The molecule has 2 heterocycles. The highest BCUT2D eigenvalue weighted by Gasteiger charge is 2.52. The second-order valence-electron chi connectivity index (χ2n) is 3.80. The van der Waals surface area contributed by atoms with Gasteiger partial charge < -0.3 is 13.3 Å². The summed E-state index contributed by atoms with van der Waals surface area (Å²) < 4.78 is 17.3. The Morgan fingerprint density at radius 2 is 2.17 bits per heavy atom. The van der Waals surface area contributed by atoms with Gasteiger partial charge in [-0.25, -0.2) is 0 Å². The molecule has 0 aromatic heterocycles. The Balaban J connectivity index is 2.13. The maximum Gasteiger partial charge on any atom is 0.504 e. The molecule has 2 atom stereocenters. The number of rotatable bonds is 1. The van der Waals surface area contributed by atoms with Crippen molar-refractivity contribution in [3.05, 3.63) is 0 Å². The van der Waals surface area contributed by atoms with E-state index in [1.165, 1.54) is 0 Å². The van der Waals surface area contributed by atoms with Crippen LogP contribution in [0, 0.1) is 0 Å². The molecule has 0 N–H and O–H groups in total. The molecule has 0 spiro atoms.